The highest BCUT2D eigenvalue weighted by Gasteiger charge is 2.44. The molecule has 2 fully saturated rings. The monoisotopic (exact) mass is 288 g/mol. The molecular formula is C13H24N2O3S. The molecule has 0 aromatic rings. The summed E-state index contributed by atoms with van der Waals surface area (Å²) in [5.41, 5.74) is -0.310. The lowest BCUT2D eigenvalue weighted by Crippen LogP contribution is -2.48. The Labute approximate surface area is 115 Å². The molecule has 19 heavy (non-hydrogen) atoms. The number of carbonyl (C=O) groups is 1. The lowest BCUT2D eigenvalue weighted by atomic mass is 9.81. The predicted molar refractivity (Wildman–Crippen MR) is 74.7 cm³/mol. The van der Waals surface area contributed by atoms with Gasteiger partial charge in [-0.25, -0.2) is 8.42 Å². The van der Waals surface area contributed by atoms with Crippen LogP contribution in [0, 0.1) is 5.41 Å². The first-order valence-electron chi connectivity index (χ1n) is 7.09. The highest BCUT2D eigenvalue weighted by Crippen LogP contribution is 2.34. The molecule has 6 heteroatoms. The summed E-state index contributed by atoms with van der Waals surface area (Å²) < 4.78 is 23.1. The first kappa shape index (κ1) is 14.8. The fourth-order valence-electron chi connectivity index (χ4n) is 3.35. The number of nitrogens with one attached hydrogen (secondary N) is 1. The van der Waals surface area contributed by atoms with Gasteiger partial charge < -0.3 is 10.2 Å². The van der Waals surface area contributed by atoms with Crippen LogP contribution in [0.5, 0.6) is 0 Å². The number of carbonyl (C=O) groups excluding carboxylic acids is 1. The molecule has 0 aromatic heterocycles. The van der Waals surface area contributed by atoms with Gasteiger partial charge in [-0.3, -0.25) is 4.79 Å². The summed E-state index contributed by atoms with van der Waals surface area (Å²) in [5.74, 6) is 0.473. The molecule has 2 rings (SSSR count). The molecule has 0 spiro atoms. The average molecular weight is 288 g/mol. The number of hydrogen-bond acceptors (Lipinski definition) is 4. The number of hydrogen-bond donors (Lipinski definition) is 1. The molecule has 2 unspecified atom stereocenters. The Balaban J connectivity index is 2.09. The van der Waals surface area contributed by atoms with Gasteiger partial charge in [0.25, 0.3) is 0 Å². The van der Waals surface area contributed by atoms with Crippen LogP contribution in [-0.2, 0) is 14.6 Å². The SMILES string of the molecule is CCCC1(C(=O)N(C)C2CCS(=O)(=O)C2)CCNC1. The van der Waals surface area contributed by atoms with Gasteiger partial charge in [-0.05, 0) is 25.8 Å². The van der Waals surface area contributed by atoms with Gasteiger partial charge >= 0.3 is 0 Å². The Bertz CT molecular complexity index is 441. The number of rotatable bonds is 4. The third-order valence-electron chi connectivity index (χ3n) is 4.50. The summed E-state index contributed by atoms with van der Waals surface area (Å²) in [6.07, 6.45) is 3.30. The van der Waals surface area contributed by atoms with Crippen molar-refractivity contribution >= 4 is 15.7 Å². The maximum atomic E-state index is 12.7. The molecule has 2 aliphatic heterocycles. The zero-order valence-electron chi connectivity index (χ0n) is 11.8. The minimum atomic E-state index is -2.94. The lowest BCUT2D eigenvalue weighted by molar-refractivity contribution is -0.142. The summed E-state index contributed by atoms with van der Waals surface area (Å²) in [7, 11) is -1.17. The molecule has 0 saturated carbocycles. The van der Waals surface area contributed by atoms with E-state index in [1.807, 2.05) is 0 Å². The summed E-state index contributed by atoms with van der Waals surface area (Å²) in [5, 5.41) is 3.27. The van der Waals surface area contributed by atoms with E-state index < -0.39 is 9.84 Å². The van der Waals surface area contributed by atoms with Gasteiger partial charge in [0.15, 0.2) is 9.84 Å². The van der Waals surface area contributed by atoms with Crippen LogP contribution in [0.25, 0.3) is 0 Å². The fraction of sp³-hybridized carbons (Fsp3) is 0.923. The van der Waals surface area contributed by atoms with E-state index in [9.17, 15) is 13.2 Å². The lowest BCUT2D eigenvalue weighted by Gasteiger charge is -2.34. The van der Waals surface area contributed by atoms with Crippen LogP contribution in [-0.4, -0.2) is 56.9 Å². The molecule has 0 radical (unpaired) electrons. The van der Waals surface area contributed by atoms with Crippen LogP contribution in [0.2, 0.25) is 0 Å². The second kappa shape index (κ2) is 5.40. The molecular weight excluding hydrogens is 264 g/mol. The third-order valence-corrected chi connectivity index (χ3v) is 6.25. The number of sulfone groups is 1. The normalized spacial score (nSPS) is 33.5. The Kier molecular flexibility index (Phi) is 4.20. The number of nitrogens with zero attached hydrogens (tertiary/aromatic N) is 1. The maximum absolute atomic E-state index is 12.7. The van der Waals surface area contributed by atoms with E-state index in [1.54, 1.807) is 11.9 Å². The van der Waals surface area contributed by atoms with E-state index in [0.717, 1.165) is 32.4 Å². The summed E-state index contributed by atoms with van der Waals surface area (Å²) in [6, 6.07) is -0.133. The molecule has 0 aliphatic carbocycles. The van der Waals surface area contributed by atoms with Gasteiger partial charge in [0, 0.05) is 19.6 Å². The van der Waals surface area contributed by atoms with Gasteiger partial charge in [0.2, 0.25) is 5.91 Å². The van der Waals surface area contributed by atoms with E-state index in [2.05, 4.69) is 12.2 Å². The van der Waals surface area contributed by atoms with Gasteiger partial charge in [0.1, 0.15) is 0 Å². The van der Waals surface area contributed by atoms with Gasteiger partial charge in [-0.15, -0.1) is 0 Å². The van der Waals surface area contributed by atoms with E-state index in [-0.39, 0.29) is 28.9 Å². The topological polar surface area (TPSA) is 66.5 Å². The van der Waals surface area contributed by atoms with Crippen molar-refractivity contribution in [1.82, 2.24) is 10.2 Å². The molecule has 1 amide bonds. The van der Waals surface area contributed by atoms with Crippen molar-refractivity contribution < 1.29 is 13.2 Å². The molecule has 2 heterocycles. The van der Waals surface area contributed by atoms with Crippen LogP contribution < -0.4 is 5.32 Å². The zero-order valence-corrected chi connectivity index (χ0v) is 12.6. The van der Waals surface area contributed by atoms with E-state index in [0.29, 0.717) is 6.42 Å². The van der Waals surface area contributed by atoms with Crippen LogP contribution >= 0.6 is 0 Å². The fourth-order valence-corrected chi connectivity index (χ4v) is 5.12. The van der Waals surface area contributed by atoms with Crippen molar-refractivity contribution in [3.8, 4) is 0 Å². The second-order valence-corrected chi connectivity index (χ2v) is 8.16. The molecule has 2 atom stereocenters. The van der Waals surface area contributed by atoms with Gasteiger partial charge in [-0.1, -0.05) is 13.3 Å². The van der Waals surface area contributed by atoms with Crippen LogP contribution in [0.4, 0.5) is 0 Å². The highest BCUT2D eigenvalue weighted by molar-refractivity contribution is 7.91. The summed E-state index contributed by atoms with van der Waals surface area (Å²) in [6.45, 7) is 3.69. The van der Waals surface area contributed by atoms with Gasteiger partial charge in [0.05, 0.1) is 16.9 Å². The van der Waals surface area contributed by atoms with Crippen molar-refractivity contribution in [3.05, 3.63) is 0 Å². The Morgan fingerprint density at radius 1 is 1.47 bits per heavy atom. The van der Waals surface area contributed by atoms with Crippen molar-refractivity contribution in [2.45, 2.75) is 38.6 Å². The largest absolute Gasteiger partial charge is 0.341 e. The first-order valence-corrected chi connectivity index (χ1v) is 8.91. The van der Waals surface area contributed by atoms with Crippen LogP contribution in [0.3, 0.4) is 0 Å². The molecule has 2 saturated heterocycles. The zero-order chi connectivity index (χ0) is 14.1. The second-order valence-electron chi connectivity index (χ2n) is 5.93. The van der Waals surface area contributed by atoms with Crippen molar-refractivity contribution in [2.24, 2.45) is 5.41 Å². The Morgan fingerprint density at radius 3 is 2.68 bits per heavy atom. The van der Waals surface area contributed by atoms with Gasteiger partial charge in [-0.2, -0.15) is 0 Å². The van der Waals surface area contributed by atoms with Crippen molar-refractivity contribution in [1.29, 1.82) is 0 Å². The minimum Gasteiger partial charge on any atom is -0.341 e. The summed E-state index contributed by atoms with van der Waals surface area (Å²) >= 11 is 0. The Morgan fingerprint density at radius 2 is 2.21 bits per heavy atom. The van der Waals surface area contributed by atoms with Crippen molar-refractivity contribution in [2.75, 3.05) is 31.6 Å². The quantitative estimate of drug-likeness (QED) is 0.814. The molecule has 5 nitrogen and oxygen atoms in total. The van der Waals surface area contributed by atoms with E-state index >= 15 is 0 Å². The minimum absolute atomic E-state index is 0.126. The highest BCUT2D eigenvalue weighted by atomic mass is 32.2. The molecule has 0 aromatic carbocycles. The van der Waals surface area contributed by atoms with Crippen LogP contribution in [0.1, 0.15) is 32.6 Å². The maximum Gasteiger partial charge on any atom is 0.230 e. The molecule has 0 bridgehead atoms. The van der Waals surface area contributed by atoms with E-state index in [1.165, 1.54) is 0 Å². The molecule has 110 valence electrons. The Hall–Kier alpha value is -0.620. The smallest absolute Gasteiger partial charge is 0.230 e. The van der Waals surface area contributed by atoms with Crippen molar-refractivity contribution in [3.63, 3.8) is 0 Å². The van der Waals surface area contributed by atoms with E-state index in [4.69, 9.17) is 0 Å². The average Bonchev–Trinajstić information content (AvgIpc) is 2.95. The third kappa shape index (κ3) is 2.94. The summed E-state index contributed by atoms with van der Waals surface area (Å²) in [4.78, 5) is 14.4. The molecule has 2 aliphatic rings. The van der Waals surface area contributed by atoms with Crippen LogP contribution in [0.15, 0.2) is 0 Å². The standard InChI is InChI=1S/C13H24N2O3S/c1-3-5-13(6-7-14-10-13)12(16)15(2)11-4-8-19(17,18)9-11/h11,14H,3-10H2,1-2H3. The number of amides is 1. The molecule has 1 N–H and O–H groups in total. The predicted octanol–water partition coefficient (Wildman–Crippen LogP) is 0.412. The first-order chi connectivity index (χ1) is 8.90.